The number of rotatable bonds is 6. The first-order valence-electron chi connectivity index (χ1n) is 10.5. The molecule has 3 aromatic carbocycles. The number of nitrogens with one attached hydrogen (secondary N) is 1. The molecule has 0 fully saturated rings. The molecule has 0 aliphatic heterocycles. The van der Waals surface area contributed by atoms with Crippen LogP contribution in [-0.2, 0) is 0 Å². The fourth-order valence-electron chi connectivity index (χ4n) is 3.45. The number of hydrogen-bond acceptors (Lipinski definition) is 4. The van der Waals surface area contributed by atoms with E-state index in [0.717, 1.165) is 11.3 Å². The number of nitrogens with zero attached hydrogens (tertiary/aromatic N) is 3. The average Bonchev–Trinajstić information content (AvgIpc) is 3.30. The van der Waals surface area contributed by atoms with E-state index >= 15 is 0 Å². The second-order valence-corrected chi connectivity index (χ2v) is 8.17. The van der Waals surface area contributed by atoms with Gasteiger partial charge in [0.25, 0.3) is 11.8 Å². The highest BCUT2D eigenvalue weighted by molar-refractivity contribution is 6.30. The van der Waals surface area contributed by atoms with E-state index in [1.165, 1.54) is 12.0 Å². The lowest BCUT2D eigenvalue weighted by Gasteiger charge is -2.15. The first kappa shape index (κ1) is 23.1. The molecule has 7 nitrogen and oxygen atoms in total. The quantitative estimate of drug-likeness (QED) is 0.419. The van der Waals surface area contributed by atoms with Gasteiger partial charge in [0.15, 0.2) is 0 Å². The van der Waals surface area contributed by atoms with E-state index in [4.69, 9.17) is 16.3 Å². The molecular formula is C26H23ClN4O3. The van der Waals surface area contributed by atoms with Crippen LogP contribution in [0, 0.1) is 0 Å². The minimum atomic E-state index is -0.399. The molecule has 0 unspecified atom stereocenters. The van der Waals surface area contributed by atoms with Crippen molar-refractivity contribution in [1.82, 2.24) is 14.7 Å². The number of carbonyl (C=O) groups excluding carboxylic acids is 2. The Hall–Kier alpha value is -4.10. The molecule has 0 saturated heterocycles. The number of amides is 2. The molecule has 0 aliphatic rings. The Bertz CT molecular complexity index is 1330. The number of methoxy groups -OCH3 is 1. The molecule has 172 valence electrons. The number of carbonyl (C=O) groups is 2. The molecule has 0 aliphatic carbocycles. The molecular weight excluding hydrogens is 452 g/mol. The highest BCUT2D eigenvalue weighted by atomic mass is 35.5. The van der Waals surface area contributed by atoms with E-state index < -0.39 is 5.91 Å². The van der Waals surface area contributed by atoms with Crippen molar-refractivity contribution in [2.75, 3.05) is 26.5 Å². The first-order valence-corrected chi connectivity index (χ1v) is 10.9. The van der Waals surface area contributed by atoms with E-state index in [1.807, 2.05) is 42.5 Å². The summed E-state index contributed by atoms with van der Waals surface area (Å²) in [6.07, 6.45) is 0. The van der Waals surface area contributed by atoms with E-state index in [0.29, 0.717) is 33.4 Å². The molecule has 4 aromatic rings. The Morgan fingerprint density at radius 2 is 1.68 bits per heavy atom. The predicted octanol–water partition coefficient (Wildman–Crippen LogP) is 5.16. The minimum absolute atomic E-state index is 0.183. The third-order valence-corrected chi connectivity index (χ3v) is 5.44. The van der Waals surface area contributed by atoms with Gasteiger partial charge < -0.3 is 15.0 Å². The van der Waals surface area contributed by atoms with Gasteiger partial charge in [0.05, 0.1) is 24.2 Å². The van der Waals surface area contributed by atoms with Gasteiger partial charge in [0.1, 0.15) is 11.4 Å². The predicted molar refractivity (Wildman–Crippen MR) is 133 cm³/mol. The lowest BCUT2D eigenvalue weighted by Crippen LogP contribution is -2.22. The van der Waals surface area contributed by atoms with E-state index in [1.54, 1.807) is 55.2 Å². The second kappa shape index (κ2) is 9.80. The standard InChI is InChI=1S/C26H23ClN4O3/c1-30(2)26(33)18-11-14-24(34-3)22(15-18)28-25(32)23-16-21(17-9-12-19(27)13-10-17)29-31(23)20-7-5-4-6-8-20/h4-16H,1-3H3,(H,28,32). The number of anilines is 1. The van der Waals surface area contributed by atoms with Gasteiger partial charge in [-0.2, -0.15) is 5.10 Å². The number of aromatic nitrogens is 2. The maximum Gasteiger partial charge on any atom is 0.274 e. The van der Waals surface area contributed by atoms with Gasteiger partial charge in [0.2, 0.25) is 0 Å². The van der Waals surface area contributed by atoms with Crippen molar-refractivity contribution < 1.29 is 14.3 Å². The number of ether oxygens (including phenoxy) is 1. The molecule has 4 rings (SSSR count). The van der Waals surface area contributed by atoms with Gasteiger partial charge in [-0.15, -0.1) is 0 Å². The van der Waals surface area contributed by atoms with Crippen LogP contribution in [0.2, 0.25) is 5.02 Å². The van der Waals surface area contributed by atoms with E-state index in [-0.39, 0.29) is 5.91 Å². The van der Waals surface area contributed by atoms with Gasteiger partial charge in [-0.05, 0) is 48.5 Å². The maximum atomic E-state index is 13.4. The number of benzene rings is 3. The molecule has 1 heterocycles. The van der Waals surface area contributed by atoms with Crippen molar-refractivity contribution in [2.45, 2.75) is 0 Å². The topological polar surface area (TPSA) is 76.5 Å². The van der Waals surface area contributed by atoms with Crippen molar-refractivity contribution >= 4 is 29.1 Å². The Morgan fingerprint density at radius 3 is 2.32 bits per heavy atom. The molecule has 1 aromatic heterocycles. The molecule has 1 N–H and O–H groups in total. The Balaban J connectivity index is 1.75. The van der Waals surface area contributed by atoms with Crippen LogP contribution < -0.4 is 10.1 Å². The van der Waals surface area contributed by atoms with E-state index in [9.17, 15) is 9.59 Å². The SMILES string of the molecule is COc1ccc(C(=O)N(C)C)cc1NC(=O)c1cc(-c2ccc(Cl)cc2)nn1-c1ccccc1. The van der Waals surface area contributed by atoms with Crippen molar-refractivity contribution in [2.24, 2.45) is 0 Å². The monoisotopic (exact) mass is 474 g/mol. The molecule has 0 bridgehead atoms. The van der Waals surface area contributed by atoms with Gasteiger partial charge in [0, 0.05) is 30.2 Å². The Labute approximate surface area is 202 Å². The number of para-hydroxylation sites is 1. The van der Waals surface area contributed by atoms with Crippen LogP contribution in [0.1, 0.15) is 20.8 Å². The van der Waals surface area contributed by atoms with Gasteiger partial charge in [-0.3, -0.25) is 9.59 Å². The first-order chi connectivity index (χ1) is 16.4. The summed E-state index contributed by atoms with van der Waals surface area (Å²) in [4.78, 5) is 27.3. The minimum Gasteiger partial charge on any atom is -0.495 e. The normalized spacial score (nSPS) is 10.6. The van der Waals surface area contributed by atoms with Crippen LogP contribution in [0.4, 0.5) is 5.69 Å². The van der Waals surface area contributed by atoms with Crippen LogP contribution in [0.25, 0.3) is 16.9 Å². The summed E-state index contributed by atoms with van der Waals surface area (Å²) in [7, 11) is 4.84. The largest absolute Gasteiger partial charge is 0.495 e. The lowest BCUT2D eigenvalue weighted by molar-refractivity contribution is 0.0827. The zero-order valence-electron chi connectivity index (χ0n) is 18.9. The summed E-state index contributed by atoms with van der Waals surface area (Å²) in [5, 5.41) is 8.17. The van der Waals surface area contributed by atoms with Gasteiger partial charge >= 0.3 is 0 Å². The highest BCUT2D eigenvalue weighted by Crippen LogP contribution is 2.28. The van der Waals surface area contributed by atoms with Crippen LogP contribution in [0.5, 0.6) is 5.75 Å². The van der Waals surface area contributed by atoms with Crippen LogP contribution in [0.3, 0.4) is 0 Å². The van der Waals surface area contributed by atoms with Crippen molar-refractivity contribution in [3.63, 3.8) is 0 Å². The fourth-order valence-corrected chi connectivity index (χ4v) is 3.58. The average molecular weight is 475 g/mol. The molecule has 34 heavy (non-hydrogen) atoms. The summed E-state index contributed by atoms with van der Waals surface area (Å²) in [5.74, 6) is -0.144. The Morgan fingerprint density at radius 1 is 0.971 bits per heavy atom. The molecule has 0 spiro atoms. The third-order valence-electron chi connectivity index (χ3n) is 5.18. The summed E-state index contributed by atoms with van der Waals surface area (Å²) < 4.78 is 6.99. The number of hydrogen-bond donors (Lipinski definition) is 1. The summed E-state index contributed by atoms with van der Waals surface area (Å²) in [5.41, 5.74) is 3.31. The van der Waals surface area contributed by atoms with Crippen molar-refractivity contribution in [3.05, 3.63) is 95.1 Å². The summed E-state index contributed by atoms with van der Waals surface area (Å²) in [6, 6.07) is 23.2. The smallest absolute Gasteiger partial charge is 0.274 e. The van der Waals surface area contributed by atoms with Gasteiger partial charge in [-0.1, -0.05) is 41.9 Å². The van der Waals surface area contributed by atoms with Crippen LogP contribution >= 0.6 is 11.6 Å². The maximum absolute atomic E-state index is 13.4. The molecule has 2 amide bonds. The van der Waals surface area contributed by atoms with E-state index in [2.05, 4.69) is 10.4 Å². The van der Waals surface area contributed by atoms with Crippen LogP contribution in [0.15, 0.2) is 78.9 Å². The summed E-state index contributed by atoms with van der Waals surface area (Å²) in [6.45, 7) is 0. The van der Waals surface area contributed by atoms with Crippen molar-refractivity contribution in [1.29, 1.82) is 0 Å². The van der Waals surface area contributed by atoms with Crippen molar-refractivity contribution in [3.8, 4) is 22.7 Å². The molecule has 8 heteroatoms. The second-order valence-electron chi connectivity index (χ2n) is 7.74. The highest BCUT2D eigenvalue weighted by Gasteiger charge is 2.20. The van der Waals surface area contributed by atoms with Crippen LogP contribution in [-0.4, -0.2) is 47.7 Å². The third kappa shape index (κ3) is 4.79. The number of halogens is 1. The molecule has 0 radical (unpaired) electrons. The van der Waals surface area contributed by atoms with Gasteiger partial charge in [-0.25, -0.2) is 4.68 Å². The summed E-state index contributed by atoms with van der Waals surface area (Å²) >= 11 is 6.03. The zero-order chi connectivity index (χ0) is 24.2. The molecule has 0 atom stereocenters. The zero-order valence-corrected chi connectivity index (χ0v) is 19.7. The fraction of sp³-hybridized carbons (Fsp3) is 0.115. The lowest BCUT2D eigenvalue weighted by atomic mass is 10.1. The molecule has 0 saturated carbocycles. The Kier molecular flexibility index (Phi) is 6.65.